The van der Waals surface area contributed by atoms with Crippen molar-refractivity contribution in [2.75, 3.05) is 18.4 Å². The maximum atomic E-state index is 11.8. The van der Waals surface area contributed by atoms with Gasteiger partial charge in [-0.3, -0.25) is 0 Å². The first kappa shape index (κ1) is 14.2. The van der Waals surface area contributed by atoms with Crippen molar-refractivity contribution in [3.8, 4) is 0 Å². The monoisotopic (exact) mass is 287 g/mol. The van der Waals surface area contributed by atoms with Crippen LogP contribution in [0.25, 0.3) is 0 Å². The van der Waals surface area contributed by atoms with Crippen molar-refractivity contribution in [2.24, 2.45) is 0 Å². The Balaban J connectivity index is 1.48. The van der Waals surface area contributed by atoms with Gasteiger partial charge in [-0.1, -0.05) is 31.0 Å². The molecule has 1 saturated carbocycles. The quantitative estimate of drug-likeness (QED) is 0.797. The Morgan fingerprint density at radius 3 is 2.95 bits per heavy atom. The molecule has 21 heavy (non-hydrogen) atoms. The van der Waals surface area contributed by atoms with E-state index in [0.717, 1.165) is 32.2 Å². The molecule has 1 aromatic carbocycles. The summed E-state index contributed by atoms with van der Waals surface area (Å²) < 4.78 is 0. The van der Waals surface area contributed by atoms with Crippen molar-refractivity contribution in [1.29, 1.82) is 0 Å². The molecule has 1 fully saturated rings. The number of urea groups is 1. The summed E-state index contributed by atoms with van der Waals surface area (Å²) in [7, 11) is 0. The fourth-order valence-electron chi connectivity index (χ4n) is 3.41. The number of para-hydroxylation sites is 1. The number of nitrogens with one attached hydrogen (secondary N) is 3. The van der Waals surface area contributed by atoms with E-state index in [1.54, 1.807) is 0 Å². The van der Waals surface area contributed by atoms with Gasteiger partial charge in [0.1, 0.15) is 0 Å². The molecule has 114 valence electrons. The highest BCUT2D eigenvalue weighted by Crippen LogP contribution is 2.26. The van der Waals surface area contributed by atoms with Crippen LogP contribution in [0.5, 0.6) is 0 Å². The number of hydrogen-bond acceptors (Lipinski definition) is 2. The van der Waals surface area contributed by atoms with Gasteiger partial charge in [-0.25, -0.2) is 4.79 Å². The minimum absolute atomic E-state index is 0.0142. The summed E-state index contributed by atoms with van der Waals surface area (Å²) in [4.78, 5) is 11.8. The summed E-state index contributed by atoms with van der Waals surface area (Å²) in [6.07, 6.45) is 7.99. The average Bonchev–Trinajstić information content (AvgIpc) is 3.00. The summed E-state index contributed by atoms with van der Waals surface area (Å²) in [5.74, 6) is 0. The number of aryl methyl sites for hydroxylation is 1. The second kappa shape index (κ2) is 6.83. The molecule has 0 bridgehead atoms. The van der Waals surface area contributed by atoms with Crippen LogP contribution in [0, 0.1) is 0 Å². The van der Waals surface area contributed by atoms with Gasteiger partial charge in [0.05, 0.1) is 0 Å². The second-order valence-corrected chi connectivity index (χ2v) is 6.11. The smallest absolute Gasteiger partial charge is 0.315 e. The molecule has 0 aromatic heterocycles. The van der Waals surface area contributed by atoms with Gasteiger partial charge in [0, 0.05) is 24.8 Å². The van der Waals surface area contributed by atoms with Gasteiger partial charge in [-0.15, -0.1) is 0 Å². The van der Waals surface area contributed by atoms with Crippen molar-refractivity contribution >= 4 is 11.7 Å². The lowest BCUT2D eigenvalue weighted by Gasteiger charge is -2.21. The Morgan fingerprint density at radius 1 is 1.24 bits per heavy atom. The highest BCUT2D eigenvalue weighted by molar-refractivity contribution is 5.74. The van der Waals surface area contributed by atoms with Crippen molar-refractivity contribution in [3.63, 3.8) is 0 Å². The Bertz CT molecular complexity index is 495. The van der Waals surface area contributed by atoms with Crippen LogP contribution >= 0.6 is 0 Å². The van der Waals surface area contributed by atoms with Crippen LogP contribution in [-0.4, -0.2) is 25.2 Å². The van der Waals surface area contributed by atoms with E-state index in [4.69, 9.17) is 0 Å². The lowest BCUT2D eigenvalue weighted by molar-refractivity contribution is 0.237. The molecule has 3 N–H and O–H groups in total. The molecule has 3 rings (SSSR count). The number of rotatable bonds is 4. The summed E-state index contributed by atoms with van der Waals surface area (Å²) in [6.45, 7) is 1.75. The molecule has 0 atom stereocenters. The van der Waals surface area contributed by atoms with Crippen molar-refractivity contribution < 1.29 is 4.79 Å². The van der Waals surface area contributed by atoms with E-state index in [1.165, 1.54) is 36.1 Å². The minimum Gasteiger partial charge on any atom is -0.385 e. The number of anilines is 1. The molecule has 1 heterocycles. The van der Waals surface area contributed by atoms with Gasteiger partial charge < -0.3 is 16.0 Å². The fourth-order valence-corrected chi connectivity index (χ4v) is 3.41. The van der Waals surface area contributed by atoms with Crippen LogP contribution < -0.4 is 16.0 Å². The van der Waals surface area contributed by atoms with Crippen LogP contribution in [0.1, 0.15) is 43.2 Å². The zero-order chi connectivity index (χ0) is 14.5. The van der Waals surface area contributed by atoms with E-state index < -0.39 is 0 Å². The number of amides is 2. The van der Waals surface area contributed by atoms with Gasteiger partial charge >= 0.3 is 6.03 Å². The Kier molecular flexibility index (Phi) is 4.63. The normalized spacial score (nSPS) is 17.9. The molecular formula is C17H25N3O. The van der Waals surface area contributed by atoms with E-state index in [0.29, 0.717) is 12.6 Å². The molecule has 0 radical (unpaired) electrons. The standard InChI is InChI=1S/C17H25N3O/c21-17(20-15-8-1-2-9-15)19-12-10-14-6-3-5-13-7-4-11-18-16(13)14/h3,5-6,15,18H,1-2,4,7-12H2,(H2,19,20,21). The molecule has 2 amide bonds. The molecule has 2 aliphatic rings. The van der Waals surface area contributed by atoms with Gasteiger partial charge in [0.2, 0.25) is 0 Å². The van der Waals surface area contributed by atoms with Gasteiger partial charge in [-0.2, -0.15) is 0 Å². The summed E-state index contributed by atoms with van der Waals surface area (Å²) in [6, 6.07) is 6.86. The van der Waals surface area contributed by atoms with Gasteiger partial charge in [0.25, 0.3) is 0 Å². The number of fused-ring (bicyclic) bond motifs is 1. The van der Waals surface area contributed by atoms with Crippen LogP contribution in [0.3, 0.4) is 0 Å². The zero-order valence-electron chi connectivity index (χ0n) is 12.6. The third-order valence-corrected chi connectivity index (χ3v) is 4.53. The molecule has 1 aliphatic carbocycles. The van der Waals surface area contributed by atoms with E-state index in [2.05, 4.69) is 34.1 Å². The van der Waals surface area contributed by atoms with E-state index in [9.17, 15) is 4.79 Å². The summed E-state index contributed by atoms with van der Waals surface area (Å²) in [5, 5.41) is 9.55. The molecule has 1 aromatic rings. The van der Waals surface area contributed by atoms with Crippen molar-refractivity contribution in [1.82, 2.24) is 10.6 Å². The SMILES string of the molecule is O=C(NCCc1cccc2c1NCCC2)NC1CCCC1. The van der Waals surface area contributed by atoms with Crippen LogP contribution in [-0.2, 0) is 12.8 Å². The van der Waals surface area contributed by atoms with Gasteiger partial charge in [0.15, 0.2) is 0 Å². The summed E-state index contributed by atoms with van der Waals surface area (Å²) in [5.41, 5.74) is 4.02. The van der Waals surface area contributed by atoms with Crippen LogP contribution in [0.2, 0.25) is 0 Å². The third-order valence-electron chi connectivity index (χ3n) is 4.53. The van der Waals surface area contributed by atoms with E-state index in [1.807, 2.05) is 0 Å². The summed E-state index contributed by atoms with van der Waals surface area (Å²) >= 11 is 0. The zero-order valence-corrected chi connectivity index (χ0v) is 12.6. The first-order valence-electron chi connectivity index (χ1n) is 8.22. The van der Waals surface area contributed by atoms with Crippen LogP contribution in [0.15, 0.2) is 18.2 Å². The number of carbonyl (C=O) groups excluding carboxylic acids is 1. The molecule has 4 heteroatoms. The Hall–Kier alpha value is -1.71. The third kappa shape index (κ3) is 3.69. The second-order valence-electron chi connectivity index (χ2n) is 6.11. The highest BCUT2D eigenvalue weighted by atomic mass is 16.2. The molecule has 1 aliphatic heterocycles. The molecule has 0 saturated heterocycles. The van der Waals surface area contributed by atoms with E-state index in [-0.39, 0.29) is 6.03 Å². The molecule has 4 nitrogen and oxygen atoms in total. The predicted molar refractivity (Wildman–Crippen MR) is 85.7 cm³/mol. The van der Waals surface area contributed by atoms with Gasteiger partial charge in [-0.05, 0) is 43.2 Å². The number of carbonyl (C=O) groups is 1. The first-order valence-corrected chi connectivity index (χ1v) is 8.22. The largest absolute Gasteiger partial charge is 0.385 e. The number of hydrogen-bond donors (Lipinski definition) is 3. The topological polar surface area (TPSA) is 53.2 Å². The molecule has 0 spiro atoms. The Morgan fingerprint density at radius 2 is 2.10 bits per heavy atom. The number of benzene rings is 1. The molecule has 0 unspecified atom stereocenters. The van der Waals surface area contributed by atoms with Crippen LogP contribution in [0.4, 0.5) is 10.5 Å². The maximum absolute atomic E-state index is 11.8. The Labute approximate surface area is 126 Å². The fraction of sp³-hybridized carbons (Fsp3) is 0.588. The first-order chi connectivity index (χ1) is 10.3. The molecular weight excluding hydrogens is 262 g/mol. The van der Waals surface area contributed by atoms with Crippen molar-refractivity contribution in [3.05, 3.63) is 29.3 Å². The van der Waals surface area contributed by atoms with Crippen molar-refractivity contribution in [2.45, 2.75) is 51.0 Å². The average molecular weight is 287 g/mol. The lowest BCUT2D eigenvalue weighted by Crippen LogP contribution is -2.41. The van der Waals surface area contributed by atoms with E-state index >= 15 is 0 Å². The maximum Gasteiger partial charge on any atom is 0.315 e. The highest BCUT2D eigenvalue weighted by Gasteiger charge is 2.17. The minimum atomic E-state index is -0.0142. The lowest BCUT2D eigenvalue weighted by atomic mass is 9.98. The predicted octanol–water partition coefficient (Wildman–Crippen LogP) is 2.83.